The average Bonchev–Trinajstić information content (AvgIpc) is 3.15. The van der Waals surface area contributed by atoms with Gasteiger partial charge in [0.05, 0.1) is 0 Å². The van der Waals surface area contributed by atoms with Gasteiger partial charge in [-0.3, -0.25) is 0 Å². The highest BCUT2D eigenvalue weighted by Crippen LogP contribution is 2.32. The zero-order chi connectivity index (χ0) is 15.7. The summed E-state index contributed by atoms with van der Waals surface area (Å²) in [4.78, 5) is 20.0. The van der Waals surface area contributed by atoms with Crippen LogP contribution in [-0.4, -0.2) is 46.6 Å². The highest BCUT2D eigenvalue weighted by atomic mass is 35.5. The molecule has 0 spiro atoms. The van der Waals surface area contributed by atoms with Crippen molar-refractivity contribution in [1.29, 1.82) is 0 Å². The lowest BCUT2D eigenvalue weighted by Gasteiger charge is -2.25. The van der Waals surface area contributed by atoms with Crippen molar-refractivity contribution >= 4 is 17.6 Å². The second-order valence-electron chi connectivity index (χ2n) is 5.49. The van der Waals surface area contributed by atoms with Crippen LogP contribution in [0.4, 0.5) is 4.79 Å². The number of nitrogens with zero attached hydrogens (tertiary/aromatic N) is 4. The molecule has 0 aliphatic carbocycles. The number of hydrogen-bond acceptors (Lipinski definition) is 4. The summed E-state index contributed by atoms with van der Waals surface area (Å²) in [6.07, 6.45) is 1.76. The number of likely N-dealkylation sites (tertiary alicyclic amines) is 1. The fourth-order valence-corrected chi connectivity index (χ4v) is 2.81. The first-order chi connectivity index (χ1) is 10.6. The van der Waals surface area contributed by atoms with Gasteiger partial charge in [-0.2, -0.15) is 4.98 Å². The first-order valence-corrected chi connectivity index (χ1v) is 7.51. The molecule has 1 atom stereocenters. The van der Waals surface area contributed by atoms with E-state index in [1.54, 1.807) is 36.0 Å². The maximum atomic E-state index is 12.2. The quantitative estimate of drug-likeness (QED) is 0.852. The number of urea groups is 1. The highest BCUT2D eigenvalue weighted by molar-refractivity contribution is 6.30. The Bertz CT molecular complexity index is 686. The van der Waals surface area contributed by atoms with Gasteiger partial charge in [0.25, 0.3) is 0 Å². The molecule has 1 fully saturated rings. The Morgan fingerprint density at radius 3 is 3.00 bits per heavy atom. The number of halogens is 1. The Morgan fingerprint density at radius 1 is 1.45 bits per heavy atom. The Morgan fingerprint density at radius 2 is 2.27 bits per heavy atom. The van der Waals surface area contributed by atoms with E-state index in [4.69, 9.17) is 16.1 Å². The molecule has 0 N–H and O–H groups in total. The van der Waals surface area contributed by atoms with Crippen molar-refractivity contribution in [3.05, 3.63) is 35.2 Å². The largest absolute Gasteiger partial charge is 0.337 e. The van der Waals surface area contributed by atoms with Crippen LogP contribution in [0.15, 0.2) is 28.8 Å². The number of benzene rings is 1. The van der Waals surface area contributed by atoms with Gasteiger partial charge in [-0.05, 0) is 25.0 Å². The lowest BCUT2D eigenvalue weighted by molar-refractivity contribution is 0.156. The van der Waals surface area contributed by atoms with E-state index in [0.29, 0.717) is 23.3 Å². The van der Waals surface area contributed by atoms with Crippen LogP contribution in [-0.2, 0) is 0 Å². The van der Waals surface area contributed by atoms with Crippen LogP contribution in [0.2, 0.25) is 5.02 Å². The molecule has 1 unspecified atom stereocenters. The molecule has 2 heterocycles. The fraction of sp³-hybridized carbons (Fsp3) is 0.400. The fourth-order valence-electron chi connectivity index (χ4n) is 2.62. The zero-order valence-electron chi connectivity index (χ0n) is 12.5. The molecule has 3 rings (SSSR count). The van der Waals surface area contributed by atoms with E-state index in [9.17, 15) is 4.79 Å². The summed E-state index contributed by atoms with van der Waals surface area (Å²) in [7, 11) is 3.48. The van der Waals surface area contributed by atoms with E-state index in [2.05, 4.69) is 10.1 Å². The molecule has 0 bridgehead atoms. The minimum atomic E-state index is -0.157. The van der Waals surface area contributed by atoms with E-state index in [0.717, 1.165) is 18.4 Å². The SMILES string of the molecule is CN(C)C(=O)N1CCCC1c1nc(-c2cccc(Cl)c2)no1. The third-order valence-corrected chi connectivity index (χ3v) is 3.93. The van der Waals surface area contributed by atoms with Gasteiger partial charge in [-0.25, -0.2) is 4.79 Å². The van der Waals surface area contributed by atoms with Gasteiger partial charge in [0.15, 0.2) is 0 Å². The predicted octanol–water partition coefficient (Wildman–Crippen LogP) is 3.21. The molecule has 116 valence electrons. The van der Waals surface area contributed by atoms with Gasteiger partial charge in [-0.15, -0.1) is 0 Å². The summed E-state index contributed by atoms with van der Waals surface area (Å²) >= 11 is 5.98. The summed E-state index contributed by atoms with van der Waals surface area (Å²) in [6, 6.07) is 7.09. The molecule has 2 aromatic rings. The zero-order valence-corrected chi connectivity index (χ0v) is 13.2. The molecule has 7 heteroatoms. The van der Waals surface area contributed by atoms with Crippen LogP contribution in [0.3, 0.4) is 0 Å². The Kier molecular flexibility index (Phi) is 4.02. The molecule has 1 aliphatic rings. The van der Waals surface area contributed by atoms with E-state index in [1.165, 1.54) is 0 Å². The van der Waals surface area contributed by atoms with Crippen molar-refractivity contribution in [3.8, 4) is 11.4 Å². The van der Waals surface area contributed by atoms with E-state index < -0.39 is 0 Å². The van der Waals surface area contributed by atoms with Crippen molar-refractivity contribution in [2.24, 2.45) is 0 Å². The molecule has 1 aliphatic heterocycles. The molecular weight excluding hydrogens is 304 g/mol. The van der Waals surface area contributed by atoms with Crippen LogP contribution in [0, 0.1) is 0 Å². The summed E-state index contributed by atoms with van der Waals surface area (Å²) < 4.78 is 5.39. The molecule has 6 nitrogen and oxygen atoms in total. The molecule has 1 saturated heterocycles. The van der Waals surface area contributed by atoms with Gasteiger partial charge in [0, 0.05) is 31.2 Å². The maximum Gasteiger partial charge on any atom is 0.320 e. The summed E-state index contributed by atoms with van der Waals surface area (Å²) in [5.41, 5.74) is 0.797. The van der Waals surface area contributed by atoms with Crippen LogP contribution >= 0.6 is 11.6 Å². The van der Waals surface area contributed by atoms with Crippen molar-refractivity contribution in [2.45, 2.75) is 18.9 Å². The van der Waals surface area contributed by atoms with Gasteiger partial charge in [-0.1, -0.05) is 28.9 Å². The second kappa shape index (κ2) is 5.96. The van der Waals surface area contributed by atoms with Crippen LogP contribution in [0.1, 0.15) is 24.8 Å². The molecule has 2 amide bonds. The number of carbonyl (C=O) groups excluding carboxylic acids is 1. The first kappa shape index (κ1) is 14.8. The number of rotatable bonds is 2. The monoisotopic (exact) mass is 320 g/mol. The normalized spacial score (nSPS) is 17.8. The van der Waals surface area contributed by atoms with Crippen molar-refractivity contribution < 1.29 is 9.32 Å². The molecule has 22 heavy (non-hydrogen) atoms. The van der Waals surface area contributed by atoms with Crippen LogP contribution in [0.25, 0.3) is 11.4 Å². The first-order valence-electron chi connectivity index (χ1n) is 7.13. The van der Waals surface area contributed by atoms with Gasteiger partial charge in [0.2, 0.25) is 11.7 Å². The minimum absolute atomic E-state index is 0.0370. The van der Waals surface area contributed by atoms with E-state index in [1.807, 2.05) is 12.1 Å². The molecule has 0 radical (unpaired) electrons. The minimum Gasteiger partial charge on any atom is -0.337 e. The van der Waals surface area contributed by atoms with E-state index >= 15 is 0 Å². The Balaban J connectivity index is 1.85. The predicted molar refractivity (Wildman–Crippen MR) is 82.5 cm³/mol. The summed E-state index contributed by atoms with van der Waals surface area (Å²) in [6.45, 7) is 0.705. The standard InChI is InChI=1S/C15H17ClN4O2/c1-19(2)15(21)20-8-4-7-12(20)14-17-13(18-22-14)10-5-3-6-11(16)9-10/h3,5-6,9,12H,4,7-8H2,1-2H3. The van der Waals surface area contributed by atoms with Gasteiger partial charge in [0.1, 0.15) is 6.04 Å². The highest BCUT2D eigenvalue weighted by Gasteiger charge is 2.34. The second-order valence-corrected chi connectivity index (χ2v) is 5.93. The topological polar surface area (TPSA) is 62.5 Å². The lowest BCUT2D eigenvalue weighted by atomic mass is 10.2. The molecule has 1 aromatic carbocycles. The third kappa shape index (κ3) is 2.78. The van der Waals surface area contributed by atoms with Gasteiger partial charge >= 0.3 is 6.03 Å². The maximum absolute atomic E-state index is 12.2. The molecule has 0 saturated carbocycles. The number of hydrogen-bond donors (Lipinski definition) is 0. The smallest absolute Gasteiger partial charge is 0.320 e. The average molecular weight is 321 g/mol. The van der Waals surface area contributed by atoms with E-state index in [-0.39, 0.29) is 12.1 Å². The molecular formula is C15H17ClN4O2. The van der Waals surface area contributed by atoms with Crippen molar-refractivity contribution in [3.63, 3.8) is 0 Å². The van der Waals surface area contributed by atoms with Crippen LogP contribution < -0.4 is 0 Å². The number of aromatic nitrogens is 2. The Labute approximate surface area is 133 Å². The summed E-state index contributed by atoms with van der Waals surface area (Å²) in [5, 5.41) is 4.63. The molecule has 1 aromatic heterocycles. The van der Waals surface area contributed by atoms with Crippen LogP contribution in [0.5, 0.6) is 0 Å². The Hall–Kier alpha value is -2.08. The third-order valence-electron chi connectivity index (χ3n) is 3.69. The summed E-state index contributed by atoms with van der Waals surface area (Å²) in [5.74, 6) is 0.962. The lowest BCUT2D eigenvalue weighted by Crippen LogP contribution is -2.38. The number of amides is 2. The van der Waals surface area contributed by atoms with Gasteiger partial charge < -0.3 is 14.3 Å². The van der Waals surface area contributed by atoms with Crippen molar-refractivity contribution in [1.82, 2.24) is 19.9 Å². The van der Waals surface area contributed by atoms with Crippen molar-refractivity contribution in [2.75, 3.05) is 20.6 Å². The number of carbonyl (C=O) groups is 1.